The minimum Gasteiger partial charge on any atom is -0.496 e. The van der Waals surface area contributed by atoms with Crippen molar-refractivity contribution in [1.29, 1.82) is 0 Å². The number of ether oxygens (including phenoxy) is 7. The predicted molar refractivity (Wildman–Crippen MR) is 537 cm³/mol. The number of aromatic nitrogens is 9. The molecule has 6 saturated carbocycles. The van der Waals surface area contributed by atoms with Crippen LogP contribution in [-0.4, -0.2) is 241 Å². The third kappa shape index (κ3) is 20.7. The molecule has 6 aromatic heterocycles. The number of nitrogens with zero attached hydrogens (tertiary/aromatic N) is 14. The van der Waals surface area contributed by atoms with Crippen LogP contribution in [0, 0.1) is 74.0 Å². The zero-order valence-electron chi connectivity index (χ0n) is 84.7. The molecule has 36 heteroatoms. The van der Waals surface area contributed by atoms with Crippen LogP contribution in [0.3, 0.4) is 0 Å². The van der Waals surface area contributed by atoms with Crippen molar-refractivity contribution in [3.63, 3.8) is 0 Å². The molecule has 760 valence electrons. The molecule has 15 atom stereocenters. The summed E-state index contributed by atoms with van der Waals surface area (Å²) in [7, 11) is 8.80. The lowest BCUT2D eigenvalue weighted by Crippen LogP contribution is -2.55. The number of aryl methyl sites for hydroxylation is 3. The molecule has 19 rings (SSSR count). The van der Waals surface area contributed by atoms with Crippen molar-refractivity contribution in [2.75, 3.05) is 76.2 Å². The number of hydrogen-bond acceptors (Lipinski definition) is 24. The van der Waals surface area contributed by atoms with Gasteiger partial charge in [0.1, 0.15) is 63.9 Å². The number of aliphatic carboxylic acids is 1. The first-order chi connectivity index (χ1) is 68.3. The van der Waals surface area contributed by atoms with Crippen LogP contribution < -0.4 is 43.8 Å². The van der Waals surface area contributed by atoms with Crippen LogP contribution in [0.25, 0.3) is 50.2 Å². The van der Waals surface area contributed by atoms with Crippen LogP contribution in [0.5, 0.6) is 34.5 Å². The van der Waals surface area contributed by atoms with Gasteiger partial charge in [0, 0.05) is 142 Å². The number of carbonyl (C=O) groups is 8. The summed E-state index contributed by atoms with van der Waals surface area (Å²) in [6.45, 7) is 20.2. The van der Waals surface area contributed by atoms with E-state index in [0.717, 1.165) is 123 Å². The van der Waals surface area contributed by atoms with Gasteiger partial charge in [0.15, 0.2) is 28.9 Å². The van der Waals surface area contributed by atoms with Crippen LogP contribution in [0.2, 0.25) is 0 Å². The van der Waals surface area contributed by atoms with Gasteiger partial charge in [-0.1, -0.05) is 78.0 Å². The van der Waals surface area contributed by atoms with E-state index in [1.165, 1.54) is 14.1 Å². The molecule has 0 radical (unpaired) electrons. The molecule has 2 bridgehead atoms. The van der Waals surface area contributed by atoms with Gasteiger partial charge in [-0.3, -0.25) is 28.8 Å². The summed E-state index contributed by atoms with van der Waals surface area (Å²) < 4.78 is 76.4. The van der Waals surface area contributed by atoms with Crippen molar-refractivity contribution >= 4 is 96.2 Å². The first-order valence-electron chi connectivity index (χ1n) is 50.2. The van der Waals surface area contributed by atoms with E-state index < -0.39 is 92.3 Å². The van der Waals surface area contributed by atoms with E-state index in [1.807, 2.05) is 148 Å². The number of esters is 1. The Morgan fingerprint density at radius 3 is 1.17 bits per heavy atom. The number of amides is 6. The number of nitrogens with one attached hydrogen (secondary N) is 3. The summed E-state index contributed by atoms with van der Waals surface area (Å²) >= 11 is 0. The summed E-state index contributed by atoms with van der Waals surface area (Å²) in [4.78, 5) is 134. The summed E-state index contributed by atoms with van der Waals surface area (Å²) in [5, 5.41) is 32.5. The standard InChI is InChI=1S/C37H49N7O7S.C35H43N5O6.C35H41N5O5/c1-22(2)29-15-17-44(40-29)32-20-31(26-13-14-30(50-7)23(3)33(26)38-32)51-25-18-27-28(19-25)35(46)43(6)16-11-9-8-10-12-24-21-37(24,39-34(27)45)36(47)41-52(48,49)42(4)5;1-20(2)27-13-15-40(38-27)30-18-29(24-11-12-28(45-5)21(3)31(24)36-30)46-23-16-25-26(17-23)33(42)39(4)14-9-7-6-8-10-22-19-35(22,34(43)44)37-32(25)41;1-20(2)27-13-15-40(38-27)30-18-29(24-11-12-28(43-5)21(3)31(24)36-30)44-23-16-25-26(17-23)33(41)39(4)14-9-7-6-8-10-22-19-35(22)34(42)45-32(25)37-35/h10,12-15,17,20,22,24-25,27-28H,8-9,11,16,18-19,21H2,1-7H3,(H,39,45)(H,41,47);8,10-13,15,18,20,22-23,25-26H,6-7,9,14,16-17,19H2,1-5H3,(H,37,41)(H,43,44);8,10-13,15,18,20,22-23,25-26H,6-7,9,14,16-17,19H2,1-5H3/b12-10-;2*10-8-/t24-,25-,27-,28-,37-;2*22-,23-,25-,26-,35-/m111/s1. The number of benzene rings is 3. The number of rotatable bonds is 19. The Hall–Kier alpha value is -13.1. The monoisotopic (exact) mass is 1980 g/mol. The number of carbonyl (C=O) groups excluding carboxylic acids is 7. The highest BCUT2D eigenvalue weighted by atomic mass is 32.2. The van der Waals surface area contributed by atoms with Gasteiger partial charge in [0.2, 0.25) is 29.5 Å². The van der Waals surface area contributed by atoms with Gasteiger partial charge < -0.3 is 63.6 Å². The largest absolute Gasteiger partial charge is 0.496 e. The highest BCUT2D eigenvalue weighted by Crippen LogP contribution is 2.55. The molecule has 1 spiro atoms. The third-order valence-corrected chi connectivity index (χ3v) is 31.8. The lowest BCUT2D eigenvalue weighted by molar-refractivity contribution is -0.145. The third-order valence-electron chi connectivity index (χ3n) is 30.4. The van der Waals surface area contributed by atoms with E-state index in [9.17, 15) is 51.9 Å². The summed E-state index contributed by atoms with van der Waals surface area (Å²) in [6.07, 6.45) is 27.4. The Morgan fingerprint density at radius 2 is 0.811 bits per heavy atom. The van der Waals surface area contributed by atoms with Gasteiger partial charge in [0.05, 0.1) is 90.5 Å². The molecular weight excluding hydrogens is 1840 g/mol. The fraction of sp³-hybridized carbons (Fsp3) is 0.523. The van der Waals surface area contributed by atoms with Gasteiger partial charge in [-0.25, -0.2) is 48.3 Å². The lowest BCUT2D eigenvalue weighted by atomic mass is 9.93. The van der Waals surface area contributed by atoms with E-state index >= 15 is 0 Å². The Morgan fingerprint density at radius 1 is 0.469 bits per heavy atom. The van der Waals surface area contributed by atoms with Crippen molar-refractivity contribution in [1.82, 2.24) is 78.7 Å². The first-order valence-corrected chi connectivity index (χ1v) is 51.6. The molecule has 6 aliphatic carbocycles. The number of hydrogen-bond donors (Lipinski definition) is 4. The number of carboxylic acids is 1. The van der Waals surface area contributed by atoms with Crippen molar-refractivity contribution in [2.45, 2.75) is 231 Å². The van der Waals surface area contributed by atoms with Crippen molar-refractivity contribution in [3.8, 4) is 52.0 Å². The molecule has 0 saturated heterocycles. The number of carboxylic acid groups (broad SMARTS) is 1. The van der Waals surface area contributed by atoms with E-state index in [1.54, 1.807) is 59.3 Å². The van der Waals surface area contributed by atoms with E-state index in [4.69, 9.17) is 68.4 Å². The highest BCUT2D eigenvalue weighted by Gasteiger charge is 2.67. The fourth-order valence-corrected chi connectivity index (χ4v) is 21.9. The smallest absolute Gasteiger partial charge is 0.341 e. The minimum atomic E-state index is -4.11. The number of aliphatic imine (C=N–C) groups is 1. The van der Waals surface area contributed by atoms with E-state index in [-0.39, 0.29) is 96.9 Å². The minimum absolute atomic E-state index is 0.0457. The lowest BCUT2D eigenvalue weighted by Gasteiger charge is -2.27. The van der Waals surface area contributed by atoms with Crippen LogP contribution in [0.15, 0.2) is 133 Å². The van der Waals surface area contributed by atoms with Crippen LogP contribution in [0.4, 0.5) is 0 Å². The topological polar surface area (TPSA) is 409 Å². The number of methoxy groups -OCH3 is 3. The second kappa shape index (κ2) is 41.3. The second-order valence-corrected chi connectivity index (χ2v) is 43.2. The summed E-state index contributed by atoms with van der Waals surface area (Å²) in [5.41, 5.74) is 3.94. The molecule has 3 aromatic carbocycles. The van der Waals surface area contributed by atoms with Crippen molar-refractivity contribution in [3.05, 3.63) is 162 Å². The van der Waals surface area contributed by atoms with Crippen LogP contribution in [0.1, 0.15) is 209 Å². The Balaban J connectivity index is 0.000000148. The molecular formula is C107H133N17O18S. The maximum Gasteiger partial charge on any atom is 0.341 e. The Bertz CT molecular complexity index is 6680. The van der Waals surface area contributed by atoms with Gasteiger partial charge >= 0.3 is 22.1 Å². The highest BCUT2D eigenvalue weighted by molar-refractivity contribution is 7.87. The molecule has 4 N–H and O–H groups in total. The maximum atomic E-state index is 14.2. The Labute approximate surface area is 833 Å². The molecule has 10 aliphatic rings. The molecule has 35 nitrogen and oxygen atoms in total. The van der Waals surface area contributed by atoms with Crippen molar-refractivity contribution in [2.24, 2.45) is 58.3 Å². The number of fused-ring (bicyclic) bond motifs is 9. The zero-order valence-corrected chi connectivity index (χ0v) is 85.5. The molecule has 4 aliphatic heterocycles. The number of allylic oxidation sites excluding steroid dienone is 3. The second-order valence-electron chi connectivity index (χ2n) is 41.3. The quantitative estimate of drug-likeness (QED) is 0.0431. The van der Waals surface area contributed by atoms with E-state index in [2.05, 4.69) is 69.1 Å². The number of pyridine rings is 3. The van der Waals surface area contributed by atoms with Crippen molar-refractivity contribution < 1.29 is 85.0 Å². The predicted octanol–water partition coefficient (Wildman–Crippen LogP) is 14.0. The Kier molecular flexibility index (Phi) is 29.3. The fourth-order valence-electron chi connectivity index (χ4n) is 21.3. The van der Waals surface area contributed by atoms with Crippen LogP contribution in [-0.2, 0) is 53.3 Å². The van der Waals surface area contributed by atoms with Gasteiger partial charge in [-0.05, 0) is 209 Å². The molecule has 143 heavy (non-hydrogen) atoms. The van der Waals surface area contributed by atoms with E-state index in [0.29, 0.717) is 115 Å². The van der Waals surface area contributed by atoms with Gasteiger partial charge in [0.25, 0.3) is 5.91 Å². The molecule has 0 unspecified atom stereocenters. The molecule has 6 amide bonds. The molecule has 9 aromatic rings. The molecule has 10 heterocycles. The first kappa shape index (κ1) is 101. The van der Waals surface area contributed by atoms with Gasteiger partial charge in [-0.2, -0.15) is 28.0 Å². The molecule has 6 fully saturated rings. The van der Waals surface area contributed by atoms with Gasteiger partial charge in [-0.15, -0.1) is 0 Å². The average molecular weight is 1980 g/mol. The SMILES string of the molecule is COc1ccc2c(O[C@@H]3C[C@H]4C(=O)N[C@]5(C(=O)NS(=O)(=O)N(C)C)C[C@H]5/C=C\CCCCN(C)C(=O)[C@@H]4C3)cc(-n3ccc(C(C)C)n3)nc2c1C.COc1ccc2c(O[C@@H]3C[C@H]4C(=O)N[C@]5(C(=O)O)C[C@H]5/C=C\CCCCN(C)C(=O)[C@@H]4C3)cc(-n3ccc(C(C)C)n3)nc2c1C.COc1ccc2c(O[C@H]3C[C@H]4C(=O)N(C)CCCC/C=C\[C@@H]5C[C@@]56N=C(OC6=O)[C@@H]4C3)cc(-n3ccc(C(C)C)n3)nc2c1C. The maximum absolute atomic E-state index is 14.2. The summed E-state index contributed by atoms with van der Waals surface area (Å²) in [5.74, 6) is -0.732. The summed E-state index contributed by atoms with van der Waals surface area (Å²) in [6, 6.07) is 22.9. The normalized spacial score (nSPS) is 27.4. The average Bonchev–Trinajstić information content (AvgIpc) is 1.54. The van der Waals surface area contributed by atoms with Crippen LogP contribution >= 0.6 is 0 Å². The zero-order chi connectivity index (χ0) is 102.